The molecule has 6 heteroatoms. The number of carbonyl (C=O) groups excluding carboxylic acids is 1. The van der Waals surface area contributed by atoms with Gasteiger partial charge in [-0.05, 0) is 35.3 Å². The second-order valence-electron chi connectivity index (χ2n) is 3.88. The number of hydrogen-bond donors (Lipinski definition) is 0. The van der Waals surface area contributed by atoms with E-state index in [0.717, 1.165) is 4.47 Å². The molecule has 0 bridgehead atoms. The zero-order chi connectivity index (χ0) is 14.3. The van der Waals surface area contributed by atoms with E-state index >= 15 is 0 Å². The number of ether oxygens (including phenoxy) is 2. The smallest absolute Gasteiger partial charge is 0.329 e. The van der Waals surface area contributed by atoms with E-state index in [1.54, 1.807) is 12.3 Å². The topological polar surface area (TPSA) is 57.5 Å². The van der Waals surface area contributed by atoms with Gasteiger partial charge < -0.3 is 14.0 Å². The molecular weight excluding hydrogens is 314 g/mol. The van der Waals surface area contributed by atoms with E-state index in [1.165, 1.54) is 10.6 Å². The van der Waals surface area contributed by atoms with Gasteiger partial charge in [-0.3, -0.25) is 4.79 Å². The van der Waals surface area contributed by atoms with Crippen LogP contribution < -0.4 is 5.56 Å². The number of pyridine rings is 1. The van der Waals surface area contributed by atoms with Gasteiger partial charge in [-0.25, -0.2) is 4.79 Å². The van der Waals surface area contributed by atoms with Crippen LogP contribution in [0.25, 0.3) is 0 Å². The van der Waals surface area contributed by atoms with Crippen LogP contribution in [0.3, 0.4) is 0 Å². The maximum atomic E-state index is 11.9. The van der Waals surface area contributed by atoms with Crippen LogP contribution in [0.5, 0.6) is 0 Å². The lowest BCUT2D eigenvalue weighted by molar-refractivity contribution is -0.149. The molecule has 0 amide bonds. The summed E-state index contributed by atoms with van der Waals surface area (Å²) in [5, 5.41) is 0. The Morgan fingerprint density at radius 2 is 2.11 bits per heavy atom. The maximum Gasteiger partial charge on any atom is 0.329 e. The minimum Gasteiger partial charge on any atom is -0.462 e. The van der Waals surface area contributed by atoms with Gasteiger partial charge >= 0.3 is 5.97 Å². The third-order valence-corrected chi connectivity index (χ3v) is 3.04. The van der Waals surface area contributed by atoms with Crippen LogP contribution in [0.2, 0.25) is 0 Å². The standard InChI is InChI=1S/C13H18BrNO4/c1-3-11(13(17)19-8-7-18-4-2)15-9-10(14)5-6-12(15)16/h5-6,9,11H,3-4,7-8H2,1-2H3. The van der Waals surface area contributed by atoms with Crippen molar-refractivity contribution in [1.82, 2.24) is 4.57 Å². The molecule has 0 radical (unpaired) electrons. The lowest BCUT2D eigenvalue weighted by Gasteiger charge is -2.17. The number of carbonyl (C=O) groups is 1. The molecule has 1 aromatic rings. The summed E-state index contributed by atoms with van der Waals surface area (Å²) >= 11 is 3.28. The maximum absolute atomic E-state index is 11.9. The average Bonchev–Trinajstić information content (AvgIpc) is 2.39. The molecule has 0 fully saturated rings. The fourth-order valence-corrected chi connectivity index (χ4v) is 1.99. The van der Waals surface area contributed by atoms with Crippen LogP contribution in [0.4, 0.5) is 0 Å². The third-order valence-electron chi connectivity index (χ3n) is 2.57. The third kappa shape index (κ3) is 4.80. The predicted octanol–water partition coefficient (Wildman–Crippen LogP) is 2.14. The van der Waals surface area contributed by atoms with Gasteiger partial charge in [0.15, 0.2) is 0 Å². The molecule has 0 aromatic carbocycles. The number of aromatic nitrogens is 1. The van der Waals surface area contributed by atoms with Crippen molar-refractivity contribution < 1.29 is 14.3 Å². The summed E-state index contributed by atoms with van der Waals surface area (Å²) in [6, 6.07) is 2.46. The quantitative estimate of drug-likeness (QED) is 0.567. The summed E-state index contributed by atoms with van der Waals surface area (Å²) in [5.41, 5.74) is -0.225. The van der Waals surface area contributed by atoms with E-state index in [1.807, 2.05) is 13.8 Å². The summed E-state index contributed by atoms with van der Waals surface area (Å²) in [6.45, 7) is 4.86. The Labute approximate surface area is 120 Å². The first-order chi connectivity index (χ1) is 9.10. The van der Waals surface area contributed by atoms with Crippen LogP contribution in [-0.4, -0.2) is 30.4 Å². The fourth-order valence-electron chi connectivity index (χ4n) is 1.64. The monoisotopic (exact) mass is 331 g/mol. The van der Waals surface area contributed by atoms with E-state index in [9.17, 15) is 9.59 Å². The van der Waals surface area contributed by atoms with Gasteiger partial charge in [-0.1, -0.05) is 6.92 Å². The van der Waals surface area contributed by atoms with Gasteiger partial charge in [0.25, 0.3) is 5.56 Å². The normalized spacial score (nSPS) is 12.2. The molecule has 0 aliphatic heterocycles. The van der Waals surface area contributed by atoms with Gasteiger partial charge in [0.05, 0.1) is 6.61 Å². The highest BCUT2D eigenvalue weighted by Crippen LogP contribution is 2.14. The van der Waals surface area contributed by atoms with Gasteiger partial charge in [-0.2, -0.15) is 0 Å². The Hall–Kier alpha value is -1.14. The van der Waals surface area contributed by atoms with E-state index in [0.29, 0.717) is 19.6 Å². The SMILES string of the molecule is CCOCCOC(=O)C(CC)n1cc(Br)ccc1=O. The van der Waals surface area contributed by atoms with Crippen LogP contribution >= 0.6 is 15.9 Å². The number of halogens is 1. The summed E-state index contributed by atoms with van der Waals surface area (Å²) in [7, 11) is 0. The molecule has 1 aromatic heterocycles. The van der Waals surface area contributed by atoms with E-state index in [-0.39, 0.29) is 12.2 Å². The molecule has 5 nitrogen and oxygen atoms in total. The Morgan fingerprint density at radius 1 is 1.37 bits per heavy atom. The van der Waals surface area contributed by atoms with Crippen molar-refractivity contribution in [2.45, 2.75) is 26.3 Å². The minimum absolute atomic E-state index is 0.200. The van der Waals surface area contributed by atoms with Crippen molar-refractivity contribution in [3.8, 4) is 0 Å². The van der Waals surface area contributed by atoms with E-state index in [4.69, 9.17) is 9.47 Å². The van der Waals surface area contributed by atoms with Gasteiger partial charge in [0.2, 0.25) is 0 Å². The number of esters is 1. The first-order valence-corrected chi connectivity index (χ1v) is 7.01. The molecule has 19 heavy (non-hydrogen) atoms. The number of rotatable bonds is 7. The van der Waals surface area contributed by atoms with E-state index < -0.39 is 12.0 Å². The first-order valence-electron chi connectivity index (χ1n) is 6.22. The molecular formula is C13H18BrNO4. The zero-order valence-electron chi connectivity index (χ0n) is 11.1. The first kappa shape index (κ1) is 15.9. The van der Waals surface area contributed by atoms with Crippen LogP contribution in [0.1, 0.15) is 26.3 Å². The van der Waals surface area contributed by atoms with Crippen molar-refractivity contribution in [2.24, 2.45) is 0 Å². The van der Waals surface area contributed by atoms with Gasteiger partial charge in [0.1, 0.15) is 12.6 Å². The summed E-state index contributed by atoms with van der Waals surface area (Å²) in [4.78, 5) is 23.7. The van der Waals surface area contributed by atoms with Gasteiger partial charge in [-0.15, -0.1) is 0 Å². The van der Waals surface area contributed by atoms with Crippen molar-refractivity contribution in [2.75, 3.05) is 19.8 Å². The van der Waals surface area contributed by atoms with Crippen molar-refractivity contribution in [3.05, 3.63) is 33.2 Å². The van der Waals surface area contributed by atoms with Crippen molar-refractivity contribution in [1.29, 1.82) is 0 Å². The van der Waals surface area contributed by atoms with Crippen LogP contribution in [0, 0.1) is 0 Å². The molecule has 0 aliphatic carbocycles. The summed E-state index contributed by atoms with van der Waals surface area (Å²) in [6.07, 6.45) is 2.09. The van der Waals surface area contributed by atoms with Gasteiger partial charge in [0, 0.05) is 23.3 Å². The fraction of sp³-hybridized carbons (Fsp3) is 0.538. The van der Waals surface area contributed by atoms with Crippen molar-refractivity contribution in [3.63, 3.8) is 0 Å². The lowest BCUT2D eigenvalue weighted by atomic mass is 10.2. The average molecular weight is 332 g/mol. The highest BCUT2D eigenvalue weighted by Gasteiger charge is 2.20. The second-order valence-corrected chi connectivity index (χ2v) is 4.80. The Balaban J connectivity index is 2.74. The second kappa shape index (κ2) is 8.12. The van der Waals surface area contributed by atoms with Crippen LogP contribution in [0.15, 0.2) is 27.6 Å². The Bertz CT molecular complexity index is 472. The Kier molecular flexibility index (Phi) is 6.80. The summed E-state index contributed by atoms with van der Waals surface area (Å²) < 4.78 is 12.3. The molecule has 0 aliphatic rings. The lowest BCUT2D eigenvalue weighted by Crippen LogP contribution is -2.30. The number of hydrogen-bond acceptors (Lipinski definition) is 4. The largest absolute Gasteiger partial charge is 0.462 e. The molecule has 1 atom stereocenters. The van der Waals surface area contributed by atoms with Crippen LogP contribution in [-0.2, 0) is 14.3 Å². The molecule has 0 saturated carbocycles. The highest BCUT2D eigenvalue weighted by atomic mass is 79.9. The Morgan fingerprint density at radius 3 is 2.74 bits per heavy atom. The van der Waals surface area contributed by atoms with Crippen molar-refractivity contribution >= 4 is 21.9 Å². The predicted molar refractivity (Wildman–Crippen MR) is 75.2 cm³/mol. The molecule has 0 saturated heterocycles. The molecule has 106 valence electrons. The molecule has 0 spiro atoms. The molecule has 1 unspecified atom stereocenters. The molecule has 1 heterocycles. The summed E-state index contributed by atoms with van der Waals surface area (Å²) in [5.74, 6) is -0.414. The zero-order valence-corrected chi connectivity index (χ0v) is 12.7. The molecule has 1 rings (SSSR count). The van der Waals surface area contributed by atoms with E-state index in [2.05, 4.69) is 15.9 Å². The minimum atomic E-state index is -0.605. The number of nitrogens with zero attached hydrogens (tertiary/aromatic N) is 1. The highest BCUT2D eigenvalue weighted by molar-refractivity contribution is 9.10. The molecule has 0 N–H and O–H groups in total.